The van der Waals surface area contributed by atoms with Crippen LogP contribution in [0.25, 0.3) is 11.1 Å². The zero-order valence-electron chi connectivity index (χ0n) is 17.8. The van der Waals surface area contributed by atoms with Crippen molar-refractivity contribution in [2.24, 2.45) is 0 Å². The maximum Gasteiger partial charge on any atom is 0.410 e. The molecule has 3 aromatic rings. The van der Waals surface area contributed by atoms with Crippen molar-refractivity contribution in [3.63, 3.8) is 0 Å². The number of ether oxygens (including phenoxy) is 1. The van der Waals surface area contributed by atoms with Crippen LogP contribution in [0.4, 0.5) is 4.79 Å². The number of amides is 1. The molecule has 0 aliphatic heterocycles. The summed E-state index contributed by atoms with van der Waals surface area (Å²) in [5.74, 6) is 0. The third kappa shape index (κ3) is 6.85. The van der Waals surface area contributed by atoms with Crippen molar-refractivity contribution in [3.8, 4) is 11.1 Å². The van der Waals surface area contributed by atoms with E-state index in [9.17, 15) is 4.79 Å². The smallest absolute Gasteiger partial charge is 0.410 e. The number of carbonyl (C=O) groups is 1. The highest BCUT2D eigenvalue weighted by Crippen LogP contribution is 2.22. The lowest BCUT2D eigenvalue weighted by atomic mass is 10.1. The fourth-order valence-electron chi connectivity index (χ4n) is 2.99. The molecule has 0 bridgehead atoms. The Morgan fingerprint density at radius 3 is 2.23 bits per heavy atom. The highest BCUT2D eigenvalue weighted by molar-refractivity contribution is 14.1. The molecule has 0 aliphatic rings. The molecule has 7 heteroatoms. The molecule has 2 aromatic heterocycles. The number of nitrogens with zero attached hydrogens (tertiary/aromatic N) is 3. The molecule has 3 rings (SSSR count). The van der Waals surface area contributed by atoms with Gasteiger partial charge in [0.25, 0.3) is 0 Å². The largest absolute Gasteiger partial charge is 0.444 e. The van der Waals surface area contributed by atoms with Crippen molar-refractivity contribution in [2.75, 3.05) is 0 Å². The first-order valence-corrected chi connectivity index (χ1v) is 10.9. The fourth-order valence-corrected chi connectivity index (χ4v) is 3.28. The number of nitrogens with one attached hydrogen (secondary N) is 1. The van der Waals surface area contributed by atoms with E-state index in [1.54, 1.807) is 29.7 Å². The molecule has 0 atom stereocenters. The Bertz CT molecular complexity index is 1060. The van der Waals surface area contributed by atoms with Crippen LogP contribution >= 0.6 is 22.6 Å². The van der Waals surface area contributed by atoms with Crippen LogP contribution in [0.5, 0.6) is 0 Å². The van der Waals surface area contributed by atoms with Gasteiger partial charge in [0.05, 0.1) is 6.54 Å². The summed E-state index contributed by atoms with van der Waals surface area (Å²) in [4.78, 5) is 23.2. The number of aromatic nitrogens is 2. The van der Waals surface area contributed by atoms with Gasteiger partial charge in [0, 0.05) is 48.0 Å². The molecule has 0 aliphatic carbocycles. The Morgan fingerprint density at radius 2 is 1.58 bits per heavy atom. The van der Waals surface area contributed by atoms with Crippen molar-refractivity contribution >= 4 is 32.4 Å². The second-order valence-corrected chi connectivity index (χ2v) is 9.26. The van der Waals surface area contributed by atoms with Crippen molar-refractivity contribution in [3.05, 3.63) is 83.9 Å². The van der Waals surface area contributed by atoms with Crippen LogP contribution in [-0.2, 0) is 17.8 Å². The lowest BCUT2D eigenvalue weighted by Gasteiger charge is -2.27. The monoisotopic (exact) mass is 528 g/mol. The van der Waals surface area contributed by atoms with Crippen LogP contribution in [0.1, 0.15) is 37.5 Å². The Kier molecular flexibility index (Phi) is 7.37. The van der Waals surface area contributed by atoms with Gasteiger partial charge in [-0.25, -0.2) is 4.79 Å². The molecule has 1 N–H and O–H groups in total. The van der Waals surface area contributed by atoms with Gasteiger partial charge in [-0.05, 0) is 66.6 Å². The quantitative estimate of drug-likeness (QED) is 0.322. The molecule has 2 heterocycles. The van der Waals surface area contributed by atoms with Gasteiger partial charge in [0.15, 0.2) is 0 Å². The fraction of sp³-hybridized carbons (Fsp3) is 0.250. The van der Waals surface area contributed by atoms with Gasteiger partial charge in [-0.15, -0.1) is 0 Å². The lowest BCUT2D eigenvalue weighted by Crippen LogP contribution is -2.36. The van der Waals surface area contributed by atoms with Crippen LogP contribution in [0.2, 0.25) is 0 Å². The molecule has 1 amide bonds. The van der Waals surface area contributed by atoms with E-state index in [-0.39, 0.29) is 6.09 Å². The molecule has 0 saturated carbocycles. The summed E-state index contributed by atoms with van der Waals surface area (Å²) >= 11 is 1.96. The van der Waals surface area contributed by atoms with E-state index in [1.165, 1.54) is 0 Å². The summed E-state index contributed by atoms with van der Waals surface area (Å²) in [6.07, 6.45) is 6.56. The molecular weight excluding hydrogens is 503 g/mol. The summed E-state index contributed by atoms with van der Waals surface area (Å²) in [5.41, 5.74) is 3.84. The molecule has 0 fully saturated rings. The molecule has 0 saturated heterocycles. The Morgan fingerprint density at radius 1 is 0.968 bits per heavy atom. The van der Waals surface area contributed by atoms with Crippen molar-refractivity contribution in [2.45, 2.75) is 39.5 Å². The van der Waals surface area contributed by atoms with E-state index in [1.807, 2.05) is 85.8 Å². The van der Waals surface area contributed by atoms with E-state index in [2.05, 4.69) is 9.97 Å². The van der Waals surface area contributed by atoms with E-state index in [0.29, 0.717) is 16.8 Å². The van der Waals surface area contributed by atoms with Gasteiger partial charge in [-0.3, -0.25) is 20.3 Å². The maximum absolute atomic E-state index is 12.9. The number of pyridine rings is 2. The van der Waals surface area contributed by atoms with E-state index in [0.717, 1.165) is 27.8 Å². The lowest BCUT2D eigenvalue weighted by molar-refractivity contribution is 0.0216. The normalized spacial score (nSPS) is 11.1. The minimum atomic E-state index is -0.581. The van der Waals surface area contributed by atoms with E-state index >= 15 is 0 Å². The molecule has 31 heavy (non-hydrogen) atoms. The number of halogens is 1. The molecule has 6 nitrogen and oxygen atoms in total. The van der Waals surface area contributed by atoms with Gasteiger partial charge in [0.1, 0.15) is 9.32 Å². The highest BCUT2D eigenvalue weighted by atomic mass is 127. The van der Waals surface area contributed by atoms with Gasteiger partial charge in [-0.1, -0.05) is 30.3 Å². The van der Waals surface area contributed by atoms with Crippen molar-refractivity contribution in [1.29, 1.82) is 5.41 Å². The van der Waals surface area contributed by atoms with Crippen LogP contribution in [0, 0.1) is 5.41 Å². The van der Waals surface area contributed by atoms with Crippen molar-refractivity contribution < 1.29 is 9.53 Å². The molecule has 160 valence electrons. The van der Waals surface area contributed by atoms with Crippen LogP contribution in [-0.4, -0.2) is 30.3 Å². The third-order valence-electron chi connectivity index (χ3n) is 4.36. The number of hydrogen-bond acceptors (Lipinski definition) is 5. The minimum Gasteiger partial charge on any atom is -0.444 e. The first kappa shape index (κ1) is 22.9. The van der Waals surface area contributed by atoms with E-state index < -0.39 is 5.60 Å². The van der Waals surface area contributed by atoms with Crippen LogP contribution in [0.3, 0.4) is 0 Å². The zero-order chi connectivity index (χ0) is 22.4. The number of hydrogen-bond donors (Lipinski definition) is 1. The Balaban J connectivity index is 1.87. The second-order valence-electron chi connectivity index (χ2n) is 8.18. The Hall–Kier alpha value is -2.81. The predicted octanol–water partition coefficient (Wildman–Crippen LogP) is 5.84. The molecule has 0 unspecified atom stereocenters. The summed E-state index contributed by atoms with van der Waals surface area (Å²) in [6, 6.07) is 13.7. The highest BCUT2D eigenvalue weighted by Gasteiger charge is 2.23. The standard InChI is InChI=1S/C24H25IN4O2/c1-24(2,3)31-23(30)29(15-17-7-5-4-6-8-17)16-18-9-19(12-27-11-18)20-10-21(22(25)26)14-28-13-20/h4-14,26H,15-16H2,1-3H3. The maximum atomic E-state index is 12.9. The van der Waals surface area contributed by atoms with Gasteiger partial charge in [-0.2, -0.15) is 0 Å². The number of rotatable bonds is 6. The molecule has 0 spiro atoms. The zero-order valence-corrected chi connectivity index (χ0v) is 20.0. The predicted molar refractivity (Wildman–Crippen MR) is 130 cm³/mol. The summed E-state index contributed by atoms with van der Waals surface area (Å²) in [7, 11) is 0. The average molecular weight is 528 g/mol. The van der Waals surface area contributed by atoms with Gasteiger partial charge >= 0.3 is 6.09 Å². The third-order valence-corrected chi connectivity index (χ3v) is 4.98. The van der Waals surface area contributed by atoms with Gasteiger partial charge < -0.3 is 4.74 Å². The van der Waals surface area contributed by atoms with Gasteiger partial charge in [0.2, 0.25) is 0 Å². The number of carbonyl (C=O) groups excluding carboxylic acids is 1. The Labute approximate surface area is 196 Å². The molecule has 0 radical (unpaired) electrons. The van der Waals surface area contributed by atoms with Crippen LogP contribution < -0.4 is 0 Å². The van der Waals surface area contributed by atoms with Crippen molar-refractivity contribution in [1.82, 2.24) is 14.9 Å². The number of benzene rings is 1. The SMILES string of the molecule is CC(C)(C)OC(=O)N(Cc1ccccc1)Cc1cncc(-c2cncc(C(=N)I)c2)c1. The first-order valence-electron chi connectivity index (χ1n) is 9.87. The minimum absolute atomic E-state index is 0.361. The second kappa shape index (κ2) is 10.00. The average Bonchev–Trinajstić information content (AvgIpc) is 2.73. The van der Waals surface area contributed by atoms with Crippen LogP contribution in [0.15, 0.2) is 67.3 Å². The summed E-state index contributed by atoms with van der Waals surface area (Å²) in [5, 5.41) is 7.83. The topological polar surface area (TPSA) is 79.2 Å². The summed E-state index contributed by atoms with van der Waals surface area (Å²) < 4.78 is 6.06. The molecule has 1 aromatic carbocycles. The first-order chi connectivity index (χ1) is 14.7. The molecular formula is C24H25IN4O2. The van der Waals surface area contributed by atoms with E-state index in [4.69, 9.17) is 10.1 Å². The summed E-state index contributed by atoms with van der Waals surface area (Å²) in [6.45, 7) is 6.37.